The molecule has 4 heteroatoms. The maximum Gasteiger partial charge on any atom is 0.101 e. The van der Waals surface area contributed by atoms with Crippen LogP contribution in [0, 0.1) is 6.92 Å². The first-order valence-corrected chi connectivity index (χ1v) is 5.19. The fraction of sp³-hybridized carbons (Fsp3) is 0.250. The number of aliphatic hydroxyl groups is 1. The molecule has 0 bridgehead atoms. The van der Waals surface area contributed by atoms with E-state index in [4.69, 9.17) is 5.73 Å². The first-order valence-electron chi connectivity index (χ1n) is 5.19. The molecule has 2 rings (SSSR count). The van der Waals surface area contributed by atoms with Gasteiger partial charge in [-0.25, -0.2) is 0 Å². The van der Waals surface area contributed by atoms with Crippen LogP contribution in [0.5, 0.6) is 0 Å². The van der Waals surface area contributed by atoms with E-state index in [-0.39, 0.29) is 0 Å². The van der Waals surface area contributed by atoms with Gasteiger partial charge in [-0.3, -0.25) is 4.68 Å². The third-order valence-corrected chi connectivity index (χ3v) is 2.49. The van der Waals surface area contributed by atoms with E-state index in [1.807, 2.05) is 37.4 Å². The molecule has 3 N–H and O–H groups in total. The molecule has 0 saturated heterocycles. The molecule has 1 heterocycles. The summed E-state index contributed by atoms with van der Waals surface area (Å²) in [5, 5.41) is 14.2. The van der Waals surface area contributed by atoms with Crippen molar-refractivity contribution in [1.29, 1.82) is 0 Å². The highest BCUT2D eigenvalue weighted by Gasteiger charge is 2.11. The number of rotatable bonds is 3. The predicted molar refractivity (Wildman–Crippen MR) is 62.8 cm³/mol. The summed E-state index contributed by atoms with van der Waals surface area (Å²) in [6, 6.07) is 9.23. The van der Waals surface area contributed by atoms with Crippen molar-refractivity contribution < 1.29 is 5.11 Å². The molecule has 0 saturated carbocycles. The van der Waals surface area contributed by atoms with Crippen LogP contribution in [0.1, 0.15) is 17.4 Å². The maximum atomic E-state index is 10.0. The highest BCUT2D eigenvalue weighted by Crippen LogP contribution is 2.20. The Hall–Kier alpha value is -1.81. The first kappa shape index (κ1) is 10.7. The average Bonchev–Trinajstić information content (AvgIpc) is 2.64. The highest BCUT2D eigenvalue weighted by molar-refractivity contribution is 5.47. The van der Waals surface area contributed by atoms with Crippen molar-refractivity contribution >= 4 is 5.69 Å². The van der Waals surface area contributed by atoms with Crippen molar-refractivity contribution in [2.45, 2.75) is 19.6 Å². The number of aryl methyl sites for hydroxylation is 1. The van der Waals surface area contributed by atoms with Crippen LogP contribution in [-0.4, -0.2) is 14.9 Å². The normalized spacial score (nSPS) is 12.6. The van der Waals surface area contributed by atoms with Gasteiger partial charge in [-0.2, -0.15) is 5.10 Å². The van der Waals surface area contributed by atoms with Gasteiger partial charge in [0.2, 0.25) is 0 Å². The Labute approximate surface area is 94.3 Å². The third-order valence-electron chi connectivity index (χ3n) is 2.49. The molecular weight excluding hydrogens is 202 g/mol. The zero-order valence-corrected chi connectivity index (χ0v) is 9.17. The van der Waals surface area contributed by atoms with E-state index in [2.05, 4.69) is 5.10 Å². The first-order chi connectivity index (χ1) is 7.66. The zero-order valence-electron chi connectivity index (χ0n) is 9.17. The predicted octanol–water partition coefficient (Wildman–Crippen LogP) is 1.51. The standard InChI is InChI=1S/C12H15N3O/c1-9-6-7-15(14-9)8-12(16)10-4-2-3-5-11(10)13/h2-7,12,16H,8,13H2,1H3. The number of nitrogens with zero attached hydrogens (tertiary/aromatic N) is 2. The molecule has 0 aliphatic carbocycles. The molecule has 0 fully saturated rings. The minimum atomic E-state index is -0.625. The second-order valence-electron chi connectivity index (χ2n) is 3.82. The van der Waals surface area contributed by atoms with Crippen molar-refractivity contribution in [3.8, 4) is 0 Å². The summed E-state index contributed by atoms with van der Waals surface area (Å²) in [5.74, 6) is 0. The Morgan fingerprint density at radius 2 is 2.12 bits per heavy atom. The SMILES string of the molecule is Cc1ccn(CC(O)c2ccccc2N)n1. The van der Waals surface area contributed by atoms with Gasteiger partial charge in [0.15, 0.2) is 0 Å². The minimum absolute atomic E-state index is 0.419. The summed E-state index contributed by atoms with van der Waals surface area (Å²) < 4.78 is 1.71. The van der Waals surface area contributed by atoms with E-state index in [9.17, 15) is 5.11 Å². The molecule has 0 radical (unpaired) electrons. The molecule has 1 aromatic carbocycles. The number of hydrogen-bond acceptors (Lipinski definition) is 3. The van der Waals surface area contributed by atoms with Crippen LogP contribution >= 0.6 is 0 Å². The summed E-state index contributed by atoms with van der Waals surface area (Å²) in [4.78, 5) is 0. The van der Waals surface area contributed by atoms with Crippen molar-refractivity contribution in [3.63, 3.8) is 0 Å². The van der Waals surface area contributed by atoms with Crippen molar-refractivity contribution in [2.24, 2.45) is 0 Å². The van der Waals surface area contributed by atoms with Crippen LogP contribution in [-0.2, 0) is 6.54 Å². The Balaban J connectivity index is 2.14. The number of para-hydroxylation sites is 1. The lowest BCUT2D eigenvalue weighted by Crippen LogP contribution is -2.11. The van der Waals surface area contributed by atoms with Gasteiger partial charge in [0.25, 0.3) is 0 Å². The van der Waals surface area contributed by atoms with E-state index in [0.29, 0.717) is 12.2 Å². The van der Waals surface area contributed by atoms with Crippen LogP contribution < -0.4 is 5.73 Å². The van der Waals surface area contributed by atoms with Crippen LogP contribution in [0.3, 0.4) is 0 Å². The summed E-state index contributed by atoms with van der Waals surface area (Å²) in [5.41, 5.74) is 8.08. The van der Waals surface area contributed by atoms with Gasteiger partial charge in [-0.15, -0.1) is 0 Å². The molecule has 0 spiro atoms. The molecule has 0 aliphatic rings. The van der Waals surface area contributed by atoms with E-state index >= 15 is 0 Å². The average molecular weight is 217 g/mol. The summed E-state index contributed by atoms with van der Waals surface area (Å²) in [6.07, 6.45) is 1.22. The van der Waals surface area contributed by atoms with E-state index < -0.39 is 6.10 Å². The van der Waals surface area contributed by atoms with E-state index in [1.54, 1.807) is 10.7 Å². The molecule has 16 heavy (non-hydrogen) atoms. The number of benzene rings is 1. The monoisotopic (exact) mass is 217 g/mol. The van der Waals surface area contributed by atoms with Gasteiger partial charge in [-0.05, 0) is 19.1 Å². The topological polar surface area (TPSA) is 64.1 Å². The summed E-state index contributed by atoms with van der Waals surface area (Å²) in [7, 11) is 0. The van der Waals surface area contributed by atoms with Crippen molar-refractivity contribution in [1.82, 2.24) is 9.78 Å². The second kappa shape index (κ2) is 4.37. The van der Waals surface area contributed by atoms with Crippen LogP contribution in [0.2, 0.25) is 0 Å². The Morgan fingerprint density at radius 1 is 1.38 bits per heavy atom. The number of anilines is 1. The molecular formula is C12H15N3O. The maximum absolute atomic E-state index is 10.0. The van der Waals surface area contributed by atoms with Crippen LogP contribution in [0.25, 0.3) is 0 Å². The molecule has 0 aliphatic heterocycles. The number of nitrogen functional groups attached to an aromatic ring is 1. The van der Waals surface area contributed by atoms with Gasteiger partial charge >= 0.3 is 0 Å². The molecule has 84 valence electrons. The number of nitrogens with two attached hydrogens (primary N) is 1. The fourth-order valence-corrected chi connectivity index (χ4v) is 1.65. The molecule has 4 nitrogen and oxygen atoms in total. The van der Waals surface area contributed by atoms with Gasteiger partial charge in [0, 0.05) is 17.4 Å². The van der Waals surface area contributed by atoms with Gasteiger partial charge in [-0.1, -0.05) is 18.2 Å². The van der Waals surface area contributed by atoms with Gasteiger partial charge < -0.3 is 10.8 Å². The number of aromatic nitrogens is 2. The summed E-state index contributed by atoms with van der Waals surface area (Å²) in [6.45, 7) is 2.34. The molecule has 1 atom stereocenters. The molecule has 1 aromatic heterocycles. The Morgan fingerprint density at radius 3 is 2.75 bits per heavy atom. The van der Waals surface area contributed by atoms with E-state index in [0.717, 1.165) is 11.3 Å². The van der Waals surface area contributed by atoms with Crippen LogP contribution in [0.15, 0.2) is 36.5 Å². The van der Waals surface area contributed by atoms with Gasteiger partial charge in [0.1, 0.15) is 6.10 Å². The smallest absolute Gasteiger partial charge is 0.101 e. The summed E-state index contributed by atoms with van der Waals surface area (Å²) >= 11 is 0. The van der Waals surface area contributed by atoms with Crippen LogP contribution in [0.4, 0.5) is 5.69 Å². The minimum Gasteiger partial charge on any atom is -0.398 e. The van der Waals surface area contributed by atoms with Gasteiger partial charge in [0.05, 0.1) is 12.2 Å². The quantitative estimate of drug-likeness (QED) is 0.766. The third kappa shape index (κ3) is 2.23. The molecule has 1 unspecified atom stereocenters. The van der Waals surface area contributed by atoms with Crippen molar-refractivity contribution in [3.05, 3.63) is 47.8 Å². The molecule has 0 amide bonds. The molecule has 2 aromatic rings. The Bertz CT molecular complexity index is 479. The Kier molecular flexibility index (Phi) is 2.92. The number of hydrogen-bond donors (Lipinski definition) is 2. The van der Waals surface area contributed by atoms with E-state index in [1.165, 1.54) is 0 Å². The zero-order chi connectivity index (χ0) is 11.5. The highest BCUT2D eigenvalue weighted by atomic mass is 16.3. The largest absolute Gasteiger partial charge is 0.398 e. The lowest BCUT2D eigenvalue weighted by molar-refractivity contribution is 0.152. The lowest BCUT2D eigenvalue weighted by Gasteiger charge is -2.13. The van der Waals surface area contributed by atoms with Crippen molar-refractivity contribution in [2.75, 3.05) is 5.73 Å². The second-order valence-corrected chi connectivity index (χ2v) is 3.82. The lowest BCUT2D eigenvalue weighted by atomic mass is 10.1. The fourth-order valence-electron chi connectivity index (χ4n) is 1.65. The number of aliphatic hydroxyl groups excluding tert-OH is 1.